The Labute approximate surface area is 61.7 Å². The summed E-state index contributed by atoms with van der Waals surface area (Å²) in [6.45, 7) is 0. The van der Waals surface area contributed by atoms with Crippen LogP contribution in [0.1, 0.15) is 10.7 Å². The van der Waals surface area contributed by atoms with Crippen molar-refractivity contribution in [3.8, 4) is 0 Å². The summed E-state index contributed by atoms with van der Waals surface area (Å²) >= 11 is 2.86. The molecule has 0 spiro atoms. The lowest BCUT2D eigenvalue weighted by atomic mass is 10.4. The molecule has 1 aromatic rings. The second-order valence-corrected chi connectivity index (χ2v) is 2.40. The molecule has 1 heterocycles. The zero-order valence-corrected chi connectivity index (χ0v) is 6.21. The SMILES string of the molecule is [O]C(Br)c1ccccn1. The molecule has 9 heavy (non-hydrogen) atoms. The number of pyridine rings is 1. The van der Waals surface area contributed by atoms with Gasteiger partial charge in [0, 0.05) is 6.20 Å². The second kappa shape index (κ2) is 2.94. The minimum Gasteiger partial charge on any atom is -0.257 e. The Bertz CT molecular complexity index is 176. The molecule has 0 amide bonds. The van der Waals surface area contributed by atoms with Crippen LogP contribution in [0.25, 0.3) is 0 Å². The third-order valence-corrected chi connectivity index (χ3v) is 1.39. The number of rotatable bonds is 1. The van der Waals surface area contributed by atoms with Gasteiger partial charge in [-0.3, -0.25) is 4.98 Å². The average molecular weight is 187 g/mol. The van der Waals surface area contributed by atoms with Crippen molar-refractivity contribution in [2.24, 2.45) is 0 Å². The number of nitrogens with zero attached hydrogens (tertiary/aromatic N) is 1. The molecule has 3 heteroatoms. The number of alkyl halides is 1. The molecule has 0 aliphatic rings. The van der Waals surface area contributed by atoms with E-state index in [4.69, 9.17) is 0 Å². The fourth-order valence-corrected chi connectivity index (χ4v) is 0.781. The largest absolute Gasteiger partial charge is 0.257 e. The van der Waals surface area contributed by atoms with Crippen molar-refractivity contribution in [3.63, 3.8) is 0 Å². The van der Waals surface area contributed by atoms with Gasteiger partial charge in [-0.15, -0.1) is 0 Å². The summed E-state index contributed by atoms with van der Waals surface area (Å²) in [6, 6.07) is 5.25. The Morgan fingerprint density at radius 1 is 1.56 bits per heavy atom. The molecule has 1 atom stereocenters. The summed E-state index contributed by atoms with van der Waals surface area (Å²) < 4.78 is 0. The number of hydrogen-bond donors (Lipinski definition) is 0. The van der Waals surface area contributed by atoms with Crippen molar-refractivity contribution in [3.05, 3.63) is 30.1 Å². The van der Waals surface area contributed by atoms with E-state index in [0.717, 1.165) is 0 Å². The van der Waals surface area contributed by atoms with Gasteiger partial charge in [0.2, 0.25) is 0 Å². The molecule has 0 fully saturated rings. The Balaban J connectivity index is 2.85. The normalized spacial score (nSPS) is 13.1. The molecule has 0 aliphatic heterocycles. The minimum absolute atomic E-state index is 0.525. The first kappa shape index (κ1) is 6.71. The van der Waals surface area contributed by atoms with Gasteiger partial charge in [0.1, 0.15) is 0 Å². The molecular weight excluding hydrogens is 182 g/mol. The van der Waals surface area contributed by atoms with Crippen LogP contribution in [0.5, 0.6) is 0 Å². The van der Waals surface area contributed by atoms with E-state index in [2.05, 4.69) is 20.9 Å². The van der Waals surface area contributed by atoms with Gasteiger partial charge in [-0.2, -0.15) is 0 Å². The van der Waals surface area contributed by atoms with Crippen LogP contribution in [0.4, 0.5) is 0 Å². The van der Waals surface area contributed by atoms with Crippen molar-refractivity contribution < 1.29 is 5.11 Å². The first-order valence-electron chi connectivity index (χ1n) is 2.51. The van der Waals surface area contributed by atoms with Crippen LogP contribution in [-0.2, 0) is 5.11 Å². The summed E-state index contributed by atoms with van der Waals surface area (Å²) in [5, 5.41) is 9.69. The third-order valence-electron chi connectivity index (χ3n) is 0.920. The van der Waals surface area contributed by atoms with Gasteiger partial charge in [-0.1, -0.05) is 6.07 Å². The molecular formula is C6H5BrNO. The van der Waals surface area contributed by atoms with E-state index in [-0.39, 0.29) is 0 Å². The van der Waals surface area contributed by atoms with E-state index in [1.807, 2.05) is 0 Å². The van der Waals surface area contributed by atoms with Crippen molar-refractivity contribution in [2.75, 3.05) is 0 Å². The zero-order chi connectivity index (χ0) is 6.69. The van der Waals surface area contributed by atoms with Gasteiger partial charge in [0.15, 0.2) is 5.01 Å². The predicted octanol–water partition coefficient (Wildman–Crippen LogP) is 1.91. The quantitative estimate of drug-likeness (QED) is 0.618. The topological polar surface area (TPSA) is 32.8 Å². The van der Waals surface area contributed by atoms with Gasteiger partial charge >= 0.3 is 0 Å². The maximum absolute atomic E-state index is 10.6. The molecule has 0 saturated heterocycles. The van der Waals surface area contributed by atoms with E-state index in [9.17, 15) is 5.11 Å². The van der Waals surface area contributed by atoms with Crippen LogP contribution in [0.15, 0.2) is 24.4 Å². The summed E-state index contributed by atoms with van der Waals surface area (Å²) in [5.41, 5.74) is 0.525. The van der Waals surface area contributed by atoms with Crippen LogP contribution in [0.3, 0.4) is 0 Å². The molecule has 0 aliphatic carbocycles. The molecule has 0 N–H and O–H groups in total. The standard InChI is InChI=1S/C6H5BrNO/c7-6(9)5-3-1-2-4-8-5/h1-4,6H. The number of hydrogen-bond acceptors (Lipinski definition) is 1. The lowest BCUT2D eigenvalue weighted by Gasteiger charge is -1.95. The smallest absolute Gasteiger partial charge is 0.189 e. The molecule has 1 rings (SSSR count). The second-order valence-electron chi connectivity index (χ2n) is 1.57. The van der Waals surface area contributed by atoms with Crippen LogP contribution in [-0.4, -0.2) is 4.98 Å². The molecule has 2 nitrogen and oxygen atoms in total. The van der Waals surface area contributed by atoms with Crippen LogP contribution in [0.2, 0.25) is 0 Å². The van der Waals surface area contributed by atoms with E-state index >= 15 is 0 Å². The Hall–Kier alpha value is -0.410. The number of halogens is 1. The zero-order valence-electron chi connectivity index (χ0n) is 4.62. The van der Waals surface area contributed by atoms with Crippen LogP contribution < -0.4 is 0 Å². The molecule has 0 saturated carbocycles. The monoisotopic (exact) mass is 186 g/mol. The Kier molecular flexibility index (Phi) is 2.19. The lowest BCUT2D eigenvalue weighted by Crippen LogP contribution is -1.87. The molecule has 1 unspecified atom stereocenters. The molecule has 0 aromatic carbocycles. The Morgan fingerprint density at radius 3 is 2.67 bits per heavy atom. The van der Waals surface area contributed by atoms with Gasteiger partial charge in [0.25, 0.3) is 0 Å². The fourth-order valence-electron chi connectivity index (χ4n) is 0.510. The highest BCUT2D eigenvalue weighted by atomic mass is 79.9. The van der Waals surface area contributed by atoms with E-state index in [0.29, 0.717) is 5.69 Å². The average Bonchev–Trinajstić information content (AvgIpc) is 1.90. The fraction of sp³-hybridized carbons (Fsp3) is 0.167. The highest BCUT2D eigenvalue weighted by Gasteiger charge is 2.01. The van der Waals surface area contributed by atoms with Gasteiger partial charge in [-0.05, 0) is 28.1 Å². The van der Waals surface area contributed by atoms with Crippen molar-refractivity contribution in [1.29, 1.82) is 0 Å². The number of aromatic nitrogens is 1. The lowest BCUT2D eigenvalue weighted by molar-refractivity contribution is 0.170. The maximum Gasteiger partial charge on any atom is 0.189 e. The van der Waals surface area contributed by atoms with Gasteiger partial charge < -0.3 is 0 Å². The first-order valence-corrected chi connectivity index (χ1v) is 3.43. The maximum atomic E-state index is 10.6. The molecule has 1 radical (unpaired) electrons. The first-order chi connectivity index (χ1) is 4.30. The predicted molar refractivity (Wildman–Crippen MR) is 36.6 cm³/mol. The highest BCUT2D eigenvalue weighted by Crippen LogP contribution is 2.15. The van der Waals surface area contributed by atoms with Crippen molar-refractivity contribution in [1.82, 2.24) is 4.98 Å². The summed E-state index contributed by atoms with van der Waals surface area (Å²) in [5.74, 6) is 0. The summed E-state index contributed by atoms with van der Waals surface area (Å²) in [6.07, 6.45) is 1.60. The van der Waals surface area contributed by atoms with Crippen molar-refractivity contribution >= 4 is 15.9 Å². The van der Waals surface area contributed by atoms with Crippen LogP contribution in [0, 0.1) is 0 Å². The minimum atomic E-state index is -0.890. The van der Waals surface area contributed by atoms with Gasteiger partial charge in [-0.25, -0.2) is 5.11 Å². The molecule has 1 aromatic heterocycles. The Morgan fingerprint density at radius 2 is 2.33 bits per heavy atom. The van der Waals surface area contributed by atoms with E-state index < -0.39 is 5.01 Å². The molecule has 0 bridgehead atoms. The highest BCUT2D eigenvalue weighted by molar-refractivity contribution is 9.09. The summed E-state index contributed by atoms with van der Waals surface area (Å²) in [7, 11) is 0. The summed E-state index contributed by atoms with van der Waals surface area (Å²) in [4.78, 5) is 3.82. The van der Waals surface area contributed by atoms with E-state index in [1.165, 1.54) is 0 Å². The van der Waals surface area contributed by atoms with Crippen molar-refractivity contribution in [2.45, 2.75) is 5.01 Å². The van der Waals surface area contributed by atoms with Gasteiger partial charge in [0.05, 0.1) is 5.69 Å². The van der Waals surface area contributed by atoms with E-state index in [1.54, 1.807) is 24.4 Å². The third kappa shape index (κ3) is 1.77. The molecule has 47 valence electrons. The van der Waals surface area contributed by atoms with Crippen LogP contribution >= 0.6 is 15.9 Å².